The van der Waals surface area contributed by atoms with E-state index in [0.29, 0.717) is 0 Å². The molecule has 1 aliphatic heterocycles. The molecule has 1 amide bonds. The van der Waals surface area contributed by atoms with Crippen molar-refractivity contribution in [3.05, 3.63) is 72.6 Å². The molecule has 148 valence electrons. The summed E-state index contributed by atoms with van der Waals surface area (Å²) in [6.45, 7) is 3.70. The van der Waals surface area contributed by atoms with Gasteiger partial charge in [-0.15, -0.1) is 0 Å². The van der Waals surface area contributed by atoms with Crippen molar-refractivity contribution in [2.75, 3.05) is 23.3 Å². The van der Waals surface area contributed by atoms with Gasteiger partial charge in [0.2, 0.25) is 11.9 Å². The van der Waals surface area contributed by atoms with Crippen LogP contribution in [0.5, 0.6) is 0 Å². The Labute approximate surface area is 171 Å². The molecule has 0 radical (unpaired) electrons. The highest BCUT2D eigenvalue weighted by molar-refractivity contribution is 5.92. The van der Waals surface area contributed by atoms with Gasteiger partial charge >= 0.3 is 0 Å². The van der Waals surface area contributed by atoms with Gasteiger partial charge in [-0.1, -0.05) is 49.4 Å². The van der Waals surface area contributed by atoms with Crippen molar-refractivity contribution in [1.82, 2.24) is 9.97 Å². The normalized spacial score (nSPS) is 14.6. The van der Waals surface area contributed by atoms with Crippen molar-refractivity contribution >= 4 is 17.5 Å². The van der Waals surface area contributed by atoms with Gasteiger partial charge in [-0.05, 0) is 42.5 Å². The summed E-state index contributed by atoms with van der Waals surface area (Å²) in [7, 11) is 0. The minimum absolute atomic E-state index is 0.0284. The van der Waals surface area contributed by atoms with Crippen LogP contribution in [0.4, 0.5) is 11.6 Å². The van der Waals surface area contributed by atoms with Gasteiger partial charge in [-0.25, -0.2) is 9.97 Å². The van der Waals surface area contributed by atoms with Crippen molar-refractivity contribution in [2.45, 2.75) is 26.2 Å². The third-order valence-corrected chi connectivity index (χ3v) is 5.52. The Bertz CT molecular complexity index is 931. The number of piperidine rings is 1. The van der Waals surface area contributed by atoms with Crippen LogP contribution in [0.3, 0.4) is 0 Å². The minimum atomic E-state index is 0.0284. The van der Waals surface area contributed by atoms with Crippen LogP contribution in [-0.2, 0) is 11.2 Å². The molecule has 0 bridgehead atoms. The van der Waals surface area contributed by atoms with Gasteiger partial charge in [-0.3, -0.25) is 4.79 Å². The largest absolute Gasteiger partial charge is 0.341 e. The van der Waals surface area contributed by atoms with E-state index in [1.54, 1.807) is 0 Å². The number of nitrogens with one attached hydrogen (secondary N) is 1. The molecular formula is C24H26N4O. The van der Waals surface area contributed by atoms with E-state index in [4.69, 9.17) is 0 Å². The Balaban J connectivity index is 1.32. The minimum Gasteiger partial charge on any atom is -0.341 e. The lowest BCUT2D eigenvalue weighted by molar-refractivity contribution is -0.120. The number of hydrogen-bond acceptors (Lipinski definition) is 4. The molecule has 0 aliphatic carbocycles. The molecule has 0 saturated carbocycles. The van der Waals surface area contributed by atoms with Gasteiger partial charge < -0.3 is 10.2 Å². The molecule has 4 rings (SSSR count). The van der Waals surface area contributed by atoms with Gasteiger partial charge in [0.25, 0.3) is 0 Å². The number of hydrogen-bond donors (Lipinski definition) is 1. The van der Waals surface area contributed by atoms with Gasteiger partial charge in [-0.2, -0.15) is 0 Å². The van der Waals surface area contributed by atoms with E-state index in [2.05, 4.69) is 51.4 Å². The fourth-order valence-electron chi connectivity index (χ4n) is 3.67. The van der Waals surface area contributed by atoms with Gasteiger partial charge in [0.15, 0.2) is 0 Å². The second-order valence-electron chi connectivity index (χ2n) is 7.44. The summed E-state index contributed by atoms with van der Waals surface area (Å²) < 4.78 is 0. The molecule has 5 heteroatoms. The zero-order valence-corrected chi connectivity index (χ0v) is 16.7. The van der Waals surface area contributed by atoms with Crippen LogP contribution < -0.4 is 10.2 Å². The Morgan fingerprint density at radius 1 is 0.966 bits per heavy atom. The summed E-state index contributed by atoms with van der Waals surface area (Å²) in [5.41, 5.74) is 4.27. The van der Waals surface area contributed by atoms with Crippen LogP contribution in [0.2, 0.25) is 0 Å². The Morgan fingerprint density at radius 3 is 2.24 bits per heavy atom. The lowest BCUT2D eigenvalue weighted by Gasteiger charge is -2.31. The summed E-state index contributed by atoms with van der Waals surface area (Å²) in [5, 5.41) is 3.05. The first-order chi connectivity index (χ1) is 14.2. The second-order valence-corrected chi connectivity index (χ2v) is 7.44. The number of amides is 1. The molecule has 0 unspecified atom stereocenters. The van der Waals surface area contributed by atoms with Crippen LogP contribution in [0.15, 0.2) is 67.0 Å². The van der Waals surface area contributed by atoms with Crippen LogP contribution in [0.25, 0.3) is 11.1 Å². The van der Waals surface area contributed by atoms with Crippen LogP contribution >= 0.6 is 0 Å². The van der Waals surface area contributed by atoms with Crippen molar-refractivity contribution in [3.63, 3.8) is 0 Å². The number of aromatic nitrogens is 2. The highest BCUT2D eigenvalue weighted by atomic mass is 16.1. The van der Waals surface area contributed by atoms with E-state index >= 15 is 0 Å². The topological polar surface area (TPSA) is 58.1 Å². The van der Waals surface area contributed by atoms with Crippen LogP contribution in [0, 0.1) is 5.92 Å². The Kier molecular flexibility index (Phi) is 5.84. The van der Waals surface area contributed by atoms with Crippen molar-refractivity contribution in [2.24, 2.45) is 5.92 Å². The van der Waals surface area contributed by atoms with Gasteiger partial charge in [0.05, 0.1) is 0 Å². The summed E-state index contributed by atoms with van der Waals surface area (Å²) >= 11 is 0. The van der Waals surface area contributed by atoms with E-state index in [1.807, 2.05) is 42.7 Å². The molecule has 1 aliphatic rings. The van der Waals surface area contributed by atoms with Crippen molar-refractivity contribution in [3.8, 4) is 11.1 Å². The fourth-order valence-corrected chi connectivity index (χ4v) is 3.67. The van der Waals surface area contributed by atoms with Gasteiger partial charge in [0.1, 0.15) is 0 Å². The molecule has 1 saturated heterocycles. The molecule has 5 nitrogen and oxygen atoms in total. The van der Waals surface area contributed by atoms with Gasteiger partial charge in [0, 0.05) is 42.7 Å². The quantitative estimate of drug-likeness (QED) is 0.698. The average molecular weight is 386 g/mol. The summed E-state index contributed by atoms with van der Waals surface area (Å²) in [5.74, 6) is 0.869. The summed E-state index contributed by atoms with van der Waals surface area (Å²) in [6, 6.07) is 18.2. The first-order valence-electron chi connectivity index (χ1n) is 10.2. The van der Waals surface area contributed by atoms with E-state index in [-0.39, 0.29) is 11.8 Å². The number of rotatable bonds is 5. The zero-order chi connectivity index (χ0) is 20.1. The van der Waals surface area contributed by atoms with E-state index in [9.17, 15) is 4.79 Å². The highest BCUT2D eigenvalue weighted by Gasteiger charge is 2.26. The van der Waals surface area contributed by atoms with Crippen molar-refractivity contribution < 1.29 is 4.79 Å². The molecule has 0 atom stereocenters. The number of nitrogens with zero attached hydrogens (tertiary/aromatic N) is 3. The second kappa shape index (κ2) is 8.86. The maximum Gasteiger partial charge on any atom is 0.227 e. The monoisotopic (exact) mass is 386 g/mol. The smallest absolute Gasteiger partial charge is 0.227 e. The SMILES string of the molecule is CCc1ccc(NC(=O)C2CCN(c3ncc(-c4ccccc4)cn3)CC2)cc1. The fraction of sp³-hybridized carbons (Fsp3) is 0.292. The molecule has 2 heterocycles. The maximum absolute atomic E-state index is 12.6. The molecule has 1 N–H and O–H groups in total. The van der Waals surface area contributed by atoms with E-state index < -0.39 is 0 Å². The maximum atomic E-state index is 12.6. The predicted molar refractivity (Wildman–Crippen MR) is 117 cm³/mol. The van der Waals surface area contributed by atoms with Crippen LogP contribution in [-0.4, -0.2) is 29.0 Å². The average Bonchev–Trinajstić information content (AvgIpc) is 2.80. The van der Waals surface area contributed by atoms with E-state index in [1.165, 1.54) is 5.56 Å². The third kappa shape index (κ3) is 4.62. The molecule has 2 aromatic carbocycles. The van der Waals surface area contributed by atoms with Crippen molar-refractivity contribution in [1.29, 1.82) is 0 Å². The molecule has 1 fully saturated rings. The van der Waals surface area contributed by atoms with E-state index in [0.717, 1.165) is 55.1 Å². The number of aryl methyl sites for hydroxylation is 1. The lowest BCUT2D eigenvalue weighted by Crippen LogP contribution is -2.39. The molecule has 0 spiro atoms. The lowest BCUT2D eigenvalue weighted by atomic mass is 9.96. The molecule has 29 heavy (non-hydrogen) atoms. The zero-order valence-electron chi connectivity index (χ0n) is 16.7. The third-order valence-electron chi connectivity index (χ3n) is 5.52. The number of benzene rings is 2. The standard InChI is InChI=1S/C24H26N4O/c1-2-18-8-10-22(11-9-18)27-23(29)20-12-14-28(15-13-20)24-25-16-21(17-26-24)19-6-4-3-5-7-19/h3-11,16-17,20H,2,12-15H2,1H3,(H,27,29). The first kappa shape index (κ1) is 19.1. The molecular weight excluding hydrogens is 360 g/mol. The summed E-state index contributed by atoms with van der Waals surface area (Å²) in [4.78, 5) is 23.9. The highest BCUT2D eigenvalue weighted by Crippen LogP contribution is 2.24. The number of carbonyl (C=O) groups excluding carboxylic acids is 1. The summed E-state index contributed by atoms with van der Waals surface area (Å²) in [6.07, 6.45) is 6.36. The Hall–Kier alpha value is -3.21. The van der Waals surface area contributed by atoms with Crippen LogP contribution in [0.1, 0.15) is 25.3 Å². The first-order valence-corrected chi connectivity index (χ1v) is 10.2. The Morgan fingerprint density at radius 2 is 1.62 bits per heavy atom. The molecule has 1 aromatic heterocycles. The number of carbonyl (C=O) groups is 1. The molecule has 3 aromatic rings. The predicted octanol–water partition coefficient (Wildman–Crippen LogP) is 4.56. The number of anilines is 2.